The smallest absolute Gasteiger partial charge is 0.228 e. The maximum atomic E-state index is 12.4. The van der Waals surface area contributed by atoms with E-state index in [1.165, 1.54) is 5.56 Å². The minimum absolute atomic E-state index is 0.0718. The Morgan fingerprint density at radius 3 is 2.07 bits per heavy atom. The zero-order valence-electron chi connectivity index (χ0n) is 16.2. The van der Waals surface area contributed by atoms with Gasteiger partial charge in [-0.1, -0.05) is 39.0 Å². The van der Waals surface area contributed by atoms with E-state index in [1.54, 1.807) is 19.2 Å². The normalized spacial score (nSPS) is 18.5. The van der Waals surface area contributed by atoms with Crippen molar-refractivity contribution in [2.75, 3.05) is 17.7 Å². The van der Waals surface area contributed by atoms with Crippen LogP contribution in [-0.2, 0) is 15.0 Å². The van der Waals surface area contributed by atoms with Crippen molar-refractivity contribution in [3.63, 3.8) is 0 Å². The van der Waals surface area contributed by atoms with Crippen LogP contribution in [0.25, 0.3) is 0 Å². The Kier molecular flexibility index (Phi) is 5.22. The number of methoxy groups -OCH3 is 1. The summed E-state index contributed by atoms with van der Waals surface area (Å²) in [6.07, 6.45) is 0.571. The number of rotatable bonds is 5. The largest absolute Gasteiger partial charge is 0.497 e. The quantitative estimate of drug-likeness (QED) is 0.833. The molecule has 0 spiro atoms. The molecule has 0 saturated heterocycles. The first kappa shape index (κ1) is 19.0. The van der Waals surface area contributed by atoms with Gasteiger partial charge < -0.3 is 15.4 Å². The van der Waals surface area contributed by atoms with E-state index in [4.69, 9.17) is 4.74 Å². The van der Waals surface area contributed by atoms with Crippen molar-refractivity contribution in [2.45, 2.75) is 32.6 Å². The molecule has 3 rings (SSSR count). The van der Waals surface area contributed by atoms with Gasteiger partial charge in [0.1, 0.15) is 5.75 Å². The molecule has 2 N–H and O–H groups in total. The van der Waals surface area contributed by atoms with Crippen molar-refractivity contribution in [2.24, 2.45) is 11.8 Å². The number of anilines is 2. The Bertz CT molecular complexity index is 837. The van der Waals surface area contributed by atoms with Crippen LogP contribution in [0.4, 0.5) is 11.4 Å². The van der Waals surface area contributed by atoms with Crippen LogP contribution < -0.4 is 15.4 Å². The average molecular weight is 366 g/mol. The summed E-state index contributed by atoms with van der Waals surface area (Å²) in [5, 5.41) is 5.76. The second-order valence-electron chi connectivity index (χ2n) is 7.99. The van der Waals surface area contributed by atoms with Crippen molar-refractivity contribution in [1.29, 1.82) is 0 Å². The minimum atomic E-state index is -0.287. The maximum Gasteiger partial charge on any atom is 0.228 e. The summed E-state index contributed by atoms with van der Waals surface area (Å²) in [5.41, 5.74) is 2.71. The highest BCUT2D eigenvalue weighted by Crippen LogP contribution is 2.40. The fraction of sp³-hybridized carbons (Fsp3) is 0.364. The Labute approximate surface area is 160 Å². The van der Waals surface area contributed by atoms with Gasteiger partial charge in [0.05, 0.1) is 18.9 Å². The highest BCUT2D eigenvalue weighted by Gasteiger charge is 2.48. The second kappa shape index (κ2) is 7.43. The molecule has 2 amide bonds. The molecule has 0 bridgehead atoms. The third-order valence-electron chi connectivity index (χ3n) is 4.82. The minimum Gasteiger partial charge on any atom is -0.497 e. The Hall–Kier alpha value is -2.82. The molecule has 5 heteroatoms. The Balaban J connectivity index is 1.54. The van der Waals surface area contributed by atoms with Crippen molar-refractivity contribution >= 4 is 23.2 Å². The summed E-state index contributed by atoms with van der Waals surface area (Å²) in [6.45, 7) is 6.45. The van der Waals surface area contributed by atoms with Crippen LogP contribution in [0.15, 0.2) is 48.5 Å². The molecule has 2 unspecified atom stereocenters. The highest BCUT2D eigenvalue weighted by atomic mass is 16.5. The number of hydrogen-bond acceptors (Lipinski definition) is 3. The van der Waals surface area contributed by atoms with Crippen LogP contribution in [0.5, 0.6) is 5.75 Å². The van der Waals surface area contributed by atoms with Crippen molar-refractivity contribution in [3.8, 4) is 5.75 Å². The third-order valence-corrected chi connectivity index (χ3v) is 4.82. The molecule has 0 radical (unpaired) electrons. The van der Waals surface area contributed by atoms with Gasteiger partial charge in [-0.15, -0.1) is 0 Å². The summed E-state index contributed by atoms with van der Waals surface area (Å²) in [7, 11) is 1.58. The van der Waals surface area contributed by atoms with Gasteiger partial charge in [0.2, 0.25) is 11.8 Å². The predicted molar refractivity (Wildman–Crippen MR) is 107 cm³/mol. The standard InChI is InChI=1S/C22H26N2O3/c1-22(2,3)14-8-10-15(11-9-14)23-20(25)18-13-19(18)21(26)24-16-6-5-7-17(12-16)27-4/h5-12,18-19H,13H2,1-4H3,(H,23,25)(H,24,26). The first-order valence-corrected chi connectivity index (χ1v) is 9.14. The lowest BCUT2D eigenvalue weighted by atomic mass is 9.87. The maximum absolute atomic E-state index is 12.4. The third kappa shape index (κ3) is 4.67. The average Bonchev–Trinajstić information content (AvgIpc) is 3.42. The number of carbonyl (C=O) groups is 2. The molecule has 142 valence electrons. The van der Waals surface area contributed by atoms with Crippen LogP contribution in [0.3, 0.4) is 0 Å². The van der Waals surface area contributed by atoms with Gasteiger partial charge in [0.25, 0.3) is 0 Å². The van der Waals surface area contributed by atoms with E-state index in [-0.39, 0.29) is 29.1 Å². The van der Waals surface area contributed by atoms with E-state index in [0.29, 0.717) is 17.9 Å². The summed E-state index contributed by atoms with van der Waals surface area (Å²) in [5.74, 6) is -0.129. The lowest BCUT2D eigenvalue weighted by Crippen LogP contribution is -2.20. The van der Waals surface area contributed by atoms with Crippen molar-refractivity contribution in [1.82, 2.24) is 0 Å². The van der Waals surface area contributed by atoms with E-state index in [9.17, 15) is 9.59 Å². The second-order valence-corrected chi connectivity index (χ2v) is 7.99. The van der Waals surface area contributed by atoms with Gasteiger partial charge in [-0.05, 0) is 41.7 Å². The molecule has 1 saturated carbocycles. The molecular weight excluding hydrogens is 340 g/mol. The molecule has 2 aromatic carbocycles. The fourth-order valence-corrected chi connectivity index (χ4v) is 3.00. The molecule has 1 aliphatic carbocycles. The van der Waals surface area contributed by atoms with E-state index >= 15 is 0 Å². The molecule has 0 aromatic heterocycles. The summed E-state index contributed by atoms with van der Waals surface area (Å²) in [6, 6.07) is 15.0. The van der Waals surface area contributed by atoms with Gasteiger partial charge in [0, 0.05) is 17.4 Å². The monoisotopic (exact) mass is 366 g/mol. The molecule has 1 aliphatic rings. The zero-order chi connectivity index (χ0) is 19.6. The summed E-state index contributed by atoms with van der Waals surface area (Å²) < 4.78 is 5.15. The number of ether oxygens (including phenoxy) is 1. The number of hydrogen-bond donors (Lipinski definition) is 2. The van der Waals surface area contributed by atoms with Gasteiger partial charge >= 0.3 is 0 Å². The van der Waals surface area contributed by atoms with Crippen LogP contribution in [-0.4, -0.2) is 18.9 Å². The molecule has 2 aromatic rings. The fourth-order valence-electron chi connectivity index (χ4n) is 3.00. The first-order chi connectivity index (χ1) is 12.8. The lowest BCUT2D eigenvalue weighted by Gasteiger charge is -2.19. The zero-order valence-corrected chi connectivity index (χ0v) is 16.2. The van der Waals surface area contributed by atoms with Crippen LogP contribution >= 0.6 is 0 Å². The number of carbonyl (C=O) groups excluding carboxylic acids is 2. The first-order valence-electron chi connectivity index (χ1n) is 9.14. The van der Waals surface area contributed by atoms with Gasteiger partial charge in [-0.3, -0.25) is 9.59 Å². The van der Waals surface area contributed by atoms with Crippen molar-refractivity contribution in [3.05, 3.63) is 54.1 Å². The topological polar surface area (TPSA) is 67.4 Å². The van der Waals surface area contributed by atoms with E-state index in [1.807, 2.05) is 36.4 Å². The number of nitrogens with one attached hydrogen (secondary N) is 2. The number of amides is 2. The molecule has 27 heavy (non-hydrogen) atoms. The summed E-state index contributed by atoms with van der Waals surface area (Å²) in [4.78, 5) is 24.8. The molecule has 0 heterocycles. The summed E-state index contributed by atoms with van der Waals surface area (Å²) >= 11 is 0. The molecule has 1 fully saturated rings. The van der Waals surface area contributed by atoms with Crippen LogP contribution in [0, 0.1) is 11.8 Å². The molecule has 2 atom stereocenters. The number of benzene rings is 2. The highest BCUT2D eigenvalue weighted by molar-refractivity contribution is 6.03. The Morgan fingerprint density at radius 2 is 1.52 bits per heavy atom. The van der Waals surface area contributed by atoms with Gasteiger partial charge in [0.15, 0.2) is 0 Å². The van der Waals surface area contributed by atoms with Crippen LogP contribution in [0.2, 0.25) is 0 Å². The molecular formula is C22H26N2O3. The van der Waals surface area contributed by atoms with E-state index < -0.39 is 0 Å². The van der Waals surface area contributed by atoms with E-state index in [2.05, 4.69) is 31.4 Å². The van der Waals surface area contributed by atoms with Gasteiger partial charge in [-0.25, -0.2) is 0 Å². The lowest BCUT2D eigenvalue weighted by molar-refractivity contribution is -0.122. The molecule has 0 aliphatic heterocycles. The SMILES string of the molecule is COc1cccc(NC(=O)C2CC2C(=O)Nc2ccc(C(C)(C)C)cc2)c1. The van der Waals surface area contributed by atoms with E-state index in [0.717, 1.165) is 5.69 Å². The predicted octanol–water partition coefficient (Wildman–Crippen LogP) is 4.21. The van der Waals surface area contributed by atoms with Crippen LogP contribution in [0.1, 0.15) is 32.8 Å². The molecule has 5 nitrogen and oxygen atoms in total. The van der Waals surface area contributed by atoms with Gasteiger partial charge in [-0.2, -0.15) is 0 Å². The Morgan fingerprint density at radius 1 is 0.926 bits per heavy atom. The van der Waals surface area contributed by atoms with Crippen molar-refractivity contribution < 1.29 is 14.3 Å².